The molecule has 2 aliphatic heterocycles. The van der Waals surface area contributed by atoms with Crippen LogP contribution in [0.1, 0.15) is 34.1 Å². The van der Waals surface area contributed by atoms with Crippen LogP contribution in [-0.2, 0) is 11.2 Å². The average Bonchev–Trinajstić information content (AvgIpc) is 2.91. The summed E-state index contributed by atoms with van der Waals surface area (Å²) in [5, 5.41) is 0. The lowest BCUT2D eigenvalue weighted by atomic mass is 9.95. The van der Waals surface area contributed by atoms with Crippen molar-refractivity contribution in [3.8, 4) is 11.3 Å². The number of morpholine rings is 1. The maximum atomic E-state index is 6.33. The molecule has 1 unspecified atom stereocenters. The molecule has 1 saturated heterocycles. The van der Waals surface area contributed by atoms with Crippen molar-refractivity contribution in [3.05, 3.63) is 76.5 Å². The van der Waals surface area contributed by atoms with Crippen molar-refractivity contribution in [1.29, 1.82) is 0 Å². The average molecular weight is 345 g/mol. The van der Waals surface area contributed by atoms with Crippen LogP contribution in [-0.4, -0.2) is 19.8 Å². The Morgan fingerprint density at radius 2 is 1.81 bits per heavy atom. The highest BCUT2D eigenvalue weighted by Crippen LogP contribution is 2.45. The molecule has 3 heteroatoms. The molecule has 1 fully saturated rings. The van der Waals surface area contributed by atoms with Crippen molar-refractivity contribution in [3.63, 3.8) is 0 Å². The van der Waals surface area contributed by atoms with Crippen molar-refractivity contribution in [1.82, 2.24) is 0 Å². The van der Waals surface area contributed by atoms with E-state index in [4.69, 9.17) is 9.15 Å². The maximum absolute atomic E-state index is 6.33. The van der Waals surface area contributed by atoms with Crippen molar-refractivity contribution < 1.29 is 9.15 Å². The second-order valence-corrected chi connectivity index (χ2v) is 7.34. The minimum atomic E-state index is 0.205. The fraction of sp³-hybridized carbons (Fsp3) is 0.304. The molecule has 5 rings (SSSR count). The number of benzene rings is 2. The minimum absolute atomic E-state index is 0.205. The Hall–Kier alpha value is -2.52. The summed E-state index contributed by atoms with van der Waals surface area (Å²) >= 11 is 0. The highest BCUT2D eigenvalue weighted by atomic mass is 16.5. The Morgan fingerprint density at radius 3 is 2.65 bits per heavy atom. The first kappa shape index (κ1) is 15.7. The first-order chi connectivity index (χ1) is 12.7. The van der Waals surface area contributed by atoms with Crippen molar-refractivity contribution >= 4 is 5.69 Å². The van der Waals surface area contributed by atoms with Crippen molar-refractivity contribution in [2.75, 3.05) is 24.7 Å². The molecule has 3 nitrogen and oxygen atoms in total. The standard InChI is InChI=1S/C23H23NO2/c1-15-7-9-17(10-8-15)23-22-19(16(2)26-23)13-18-5-3-4-6-20(18)24-11-12-25-14-21(22)24/h3-10,21H,11-14H2,1-2H3. The molecule has 0 bridgehead atoms. The highest BCUT2D eigenvalue weighted by Gasteiger charge is 2.36. The largest absolute Gasteiger partial charge is 0.461 e. The first-order valence-electron chi connectivity index (χ1n) is 9.34. The van der Waals surface area contributed by atoms with Crippen molar-refractivity contribution in [2.45, 2.75) is 26.3 Å². The molecule has 0 radical (unpaired) electrons. The smallest absolute Gasteiger partial charge is 0.139 e. The number of nitrogens with zero attached hydrogens (tertiary/aromatic N) is 1. The van der Waals surface area contributed by atoms with Crippen LogP contribution in [0.5, 0.6) is 0 Å². The van der Waals surface area contributed by atoms with Gasteiger partial charge in [0.2, 0.25) is 0 Å². The van der Waals surface area contributed by atoms with E-state index in [0.717, 1.165) is 36.7 Å². The number of rotatable bonds is 1. The van der Waals surface area contributed by atoms with Crippen LogP contribution in [0.15, 0.2) is 52.9 Å². The van der Waals surface area contributed by atoms with Crippen LogP contribution in [0.25, 0.3) is 11.3 Å². The molecule has 132 valence electrons. The van der Waals surface area contributed by atoms with Gasteiger partial charge in [0.25, 0.3) is 0 Å². The molecule has 3 heterocycles. The molecule has 0 aliphatic carbocycles. The van der Waals surface area contributed by atoms with Crippen LogP contribution >= 0.6 is 0 Å². The monoisotopic (exact) mass is 345 g/mol. The zero-order chi connectivity index (χ0) is 17.7. The predicted octanol–water partition coefficient (Wildman–Crippen LogP) is 5.05. The lowest BCUT2D eigenvalue weighted by Crippen LogP contribution is -2.39. The van der Waals surface area contributed by atoms with E-state index in [-0.39, 0.29) is 6.04 Å². The van der Waals surface area contributed by atoms with Gasteiger partial charge in [0.05, 0.1) is 19.3 Å². The van der Waals surface area contributed by atoms with Gasteiger partial charge in [-0.2, -0.15) is 0 Å². The van der Waals surface area contributed by atoms with Gasteiger partial charge < -0.3 is 14.1 Å². The zero-order valence-electron chi connectivity index (χ0n) is 15.3. The molecule has 0 amide bonds. The van der Waals surface area contributed by atoms with E-state index in [0.29, 0.717) is 6.61 Å². The van der Waals surface area contributed by atoms with E-state index in [1.54, 1.807) is 0 Å². The molecule has 2 aromatic carbocycles. The summed E-state index contributed by atoms with van der Waals surface area (Å²) in [5.41, 5.74) is 7.76. The molecule has 1 aromatic heterocycles. The Labute approximate surface area is 154 Å². The van der Waals surface area contributed by atoms with Gasteiger partial charge in [-0.05, 0) is 25.5 Å². The number of para-hydroxylation sites is 1. The number of anilines is 1. The van der Waals surface area contributed by atoms with Gasteiger partial charge in [-0.3, -0.25) is 0 Å². The number of furan rings is 1. The number of hydrogen-bond donors (Lipinski definition) is 0. The maximum Gasteiger partial charge on any atom is 0.139 e. The van der Waals surface area contributed by atoms with E-state index in [1.165, 1.54) is 27.9 Å². The molecule has 0 spiro atoms. The Morgan fingerprint density at radius 1 is 1.00 bits per heavy atom. The van der Waals surface area contributed by atoms with Crippen LogP contribution < -0.4 is 4.90 Å². The highest BCUT2D eigenvalue weighted by molar-refractivity contribution is 5.70. The summed E-state index contributed by atoms with van der Waals surface area (Å²) in [4.78, 5) is 2.51. The van der Waals surface area contributed by atoms with E-state index in [2.05, 4.69) is 67.3 Å². The Bertz CT molecular complexity index is 955. The summed E-state index contributed by atoms with van der Waals surface area (Å²) in [7, 11) is 0. The molecular formula is C23H23NO2. The minimum Gasteiger partial charge on any atom is -0.461 e. The Balaban J connectivity index is 1.73. The van der Waals surface area contributed by atoms with Gasteiger partial charge in [0.1, 0.15) is 11.5 Å². The molecular weight excluding hydrogens is 322 g/mol. The van der Waals surface area contributed by atoms with E-state index in [9.17, 15) is 0 Å². The molecule has 26 heavy (non-hydrogen) atoms. The third-order valence-electron chi connectivity index (χ3n) is 5.69. The SMILES string of the molecule is Cc1ccc(-c2oc(C)c3c2C2COCCN2c2ccccc2C3)cc1. The zero-order valence-corrected chi connectivity index (χ0v) is 15.3. The van der Waals surface area contributed by atoms with E-state index >= 15 is 0 Å². The third-order valence-corrected chi connectivity index (χ3v) is 5.69. The number of hydrogen-bond acceptors (Lipinski definition) is 3. The number of aryl methyl sites for hydroxylation is 2. The summed E-state index contributed by atoms with van der Waals surface area (Å²) < 4.78 is 12.2. The summed E-state index contributed by atoms with van der Waals surface area (Å²) in [6.45, 7) is 6.61. The normalized spacial score (nSPS) is 18.7. The van der Waals surface area contributed by atoms with Crippen LogP contribution in [0.4, 0.5) is 5.69 Å². The number of fused-ring (bicyclic) bond motifs is 5. The molecule has 0 saturated carbocycles. The predicted molar refractivity (Wildman–Crippen MR) is 104 cm³/mol. The summed E-state index contributed by atoms with van der Waals surface area (Å²) in [6, 6.07) is 17.6. The van der Waals surface area contributed by atoms with Crippen molar-refractivity contribution in [2.24, 2.45) is 0 Å². The quantitative estimate of drug-likeness (QED) is 0.617. The number of ether oxygens (including phenoxy) is 1. The summed E-state index contributed by atoms with van der Waals surface area (Å²) in [6.07, 6.45) is 0.916. The van der Waals surface area contributed by atoms with E-state index < -0.39 is 0 Å². The van der Waals surface area contributed by atoms with Gasteiger partial charge in [0.15, 0.2) is 0 Å². The first-order valence-corrected chi connectivity index (χ1v) is 9.34. The van der Waals surface area contributed by atoms with Gasteiger partial charge in [-0.25, -0.2) is 0 Å². The molecule has 1 atom stereocenters. The second kappa shape index (κ2) is 6.03. The summed E-state index contributed by atoms with van der Waals surface area (Å²) in [5.74, 6) is 2.03. The van der Waals surface area contributed by atoms with E-state index in [1.807, 2.05) is 0 Å². The van der Waals surface area contributed by atoms with Crippen LogP contribution in [0.3, 0.4) is 0 Å². The molecule has 3 aromatic rings. The molecule has 0 N–H and O–H groups in total. The second-order valence-electron chi connectivity index (χ2n) is 7.34. The van der Waals surface area contributed by atoms with Gasteiger partial charge in [-0.1, -0.05) is 48.0 Å². The molecule has 2 aliphatic rings. The van der Waals surface area contributed by atoms with Crippen LogP contribution in [0.2, 0.25) is 0 Å². The topological polar surface area (TPSA) is 25.6 Å². The van der Waals surface area contributed by atoms with Crippen LogP contribution in [0, 0.1) is 13.8 Å². The fourth-order valence-electron chi connectivity index (χ4n) is 4.35. The van der Waals surface area contributed by atoms with Gasteiger partial charge >= 0.3 is 0 Å². The lowest BCUT2D eigenvalue weighted by Gasteiger charge is -2.37. The fourth-order valence-corrected chi connectivity index (χ4v) is 4.35. The van der Waals surface area contributed by atoms with Gasteiger partial charge in [-0.15, -0.1) is 0 Å². The Kier molecular flexibility index (Phi) is 3.64. The lowest BCUT2D eigenvalue weighted by molar-refractivity contribution is 0.0942. The third kappa shape index (κ3) is 2.38. The van der Waals surface area contributed by atoms with Gasteiger partial charge in [0, 0.05) is 35.3 Å².